The molecule has 29 heavy (non-hydrogen) atoms. The number of hydrogen-bond donors (Lipinski definition) is 0. The van der Waals surface area contributed by atoms with Gasteiger partial charge in [0.2, 0.25) is 17.7 Å². The zero-order chi connectivity index (χ0) is 20.3. The first-order chi connectivity index (χ1) is 14.0. The van der Waals surface area contributed by atoms with E-state index in [9.17, 15) is 14.4 Å². The van der Waals surface area contributed by atoms with E-state index in [0.29, 0.717) is 19.3 Å². The fourth-order valence-corrected chi connectivity index (χ4v) is 5.25. The molecule has 1 atom stereocenters. The van der Waals surface area contributed by atoms with Crippen LogP contribution in [0.1, 0.15) is 50.5 Å². The number of hydrogen-bond acceptors (Lipinski definition) is 4. The Bertz CT molecular complexity index is 746. The van der Waals surface area contributed by atoms with E-state index >= 15 is 0 Å². The van der Waals surface area contributed by atoms with Crippen molar-refractivity contribution >= 4 is 17.7 Å². The first kappa shape index (κ1) is 20.1. The van der Waals surface area contributed by atoms with Crippen LogP contribution < -0.4 is 0 Å². The Morgan fingerprint density at radius 2 is 1.59 bits per heavy atom. The van der Waals surface area contributed by atoms with Crippen LogP contribution in [0, 0.1) is 5.41 Å². The smallest absolute Gasteiger partial charge is 0.242 e. The van der Waals surface area contributed by atoms with Crippen LogP contribution in [0.5, 0.6) is 0 Å². The largest absolute Gasteiger partial charge is 0.341 e. The number of benzene rings is 1. The monoisotopic (exact) mass is 397 g/mol. The first-order valence-corrected chi connectivity index (χ1v) is 10.9. The molecule has 1 aromatic rings. The molecule has 0 radical (unpaired) electrons. The molecular weight excluding hydrogens is 366 g/mol. The SMILES string of the molecule is O=C(CN1C(=O)CCCC1=O)N1CCC[C@@]2(CCCN(Cc3ccccc3)C2)C1. The van der Waals surface area contributed by atoms with Gasteiger partial charge < -0.3 is 4.90 Å². The lowest BCUT2D eigenvalue weighted by Crippen LogP contribution is -2.55. The van der Waals surface area contributed by atoms with E-state index in [4.69, 9.17) is 0 Å². The lowest BCUT2D eigenvalue weighted by Gasteiger charge is -2.48. The molecule has 3 aliphatic rings. The summed E-state index contributed by atoms with van der Waals surface area (Å²) in [6.45, 7) is 4.45. The minimum Gasteiger partial charge on any atom is -0.341 e. The van der Waals surface area contributed by atoms with Crippen molar-refractivity contribution in [1.29, 1.82) is 0 Å². The molecule has 4 rings (SSSR count). The first-order valence-electron chi connectivity index (χ1n) is 10.9. The summed E-state index contributed by atoms with van der Waals surface area (Å²) in [5.41, 5.74) is 1.46. The van der Waals surface area contributed by atoms with E-state index in [1.54, 1.807) is 0 Å². The summed E-state index contributed by atoms with van der Waals surface area (Å²) >= 11 is 0. The second kappa shape index (κ2) is 8.66. The number of nitrogens with zero attached hydrogens (tertiary/aromatic N) is 3. The highest BCUT2D eigenvalue weighted by atomic mass is 16.2. The molecule has 3 saturated heterocycles. The van der Waals surface area contributed by atoms with Crippen molar-refractivity contribution in [3.63, 3.8) is 0 Å². The maximum Gasteiger partial charge on any atom is 0.242 e. The zero-order valence-electron chi connectivity index (χ0n) is 17.1. The van der Waals surface area contributed by atoms with Gasteiger partial charge in [-0.2, -0.15) is 0 Å². The number of carbonyl (C=O) groups excluding carboxylic acids is 3. The van der Waals surface area contributed by atoms with Gasteiger partial charge in [-0.3, -0.25) is 24.2 Å². The quantitative estimate of drug-likeness (QED) is 0.732. The van der Waals surface area contributed by atoms with Crippen LogP contribution >= 0.6 is 0 Å². The van der Waals surface area contributed by atoms with Crippen LogP contribution in [0.2, 0.25) is 0 Å². The average molecular weight is 398 g/mol. The van der Waals surface area contributed by atoms with Crippen molar-refractivity contribution < 1.29 is 14.4 Å². The van der Waals surface area contributed by atoms with Crippen LogP contribution in [0.3, 0.4) is 0 Å². The molecule has 3 aliphatic heterocycles. The van der Waals surface area contributed by atoms with Crippen LogP contribution in [0.15, 0.2) is 30.3 Å². The Hall–Kier alpha value is -2.21. The van der Waals surface area contributed by atoms with Gasteiger partial charge in [-0.15, -0.1) is 0 Å². The highest BCUT2D eigenvalue weighted by Gasteiger charge is 2.41. The number of carbonyl (C=O) groups is 3. The summed E-state index contributed by atoms with van der Waals surface area (Å²) in [4.78, 5) is 42.6. The average Bonchev–Trinajstić information content (AvgIpc) is 2.71. The van der Waals surface area contributed by atoms with Gasteiger partial charge in [0.25, 0.3) is 0 Å². The van der Waals surface area contributed by atoms with Crippen LogP contribution in [0.4, 0.5) is 0 Å². The maximum absolute atomic E-state index is 12.9. The highest BCUT2D eigenvalue weighted by molar-refractivity contribution is 6.00. The van der Waals surface area contributed by atoms with E-state index in [1.807, 2.05) is 11.0 Å². The molecule has 0 saturated carbocycles. The van der Waals surface area contributed by atoms with Crippen LogP contribution in [-0.2, 0) is 20.9 Å². The van der Waals surface area contributed by atoms with Gasteiger partial charge in [-0.25, -0.2) is 0 Å². The van der Waals surface area contributed by atoms with Gasteiger partial charge in [0.05, 0.1) is 0 Å². The molecule has 1 aromatic carbocycles. The molecule has 3 amide bonds. The standard InChI is InChI=1S/C23H31N3O3/c27-20-9-4-10-21(28)26(20)16-22(29)25-14-6-12-23(18-25)11-5-13-24(17-23)15-19-7-2-1-3-8-19/h1-3,7-8H,4-6,9-18H2/t23-/m1/s1. The molecule has 6 nitrogen and oxygen atoms in total. The number of amides is 3. The maximum atomic E-state index is 12.9. The number of likely N-dealkylation sites (tertiary alicyclic amines) is 3. The molecular formula is C23H31N3O3. The second-order valence-corrected chi connectivity index (χ2v) is 8.95. The molecule has 0 aromatic heterocycles. The molecule has 6 heteroatoms. The summed E-state index contributed by atoms with van der Waals surface area (Å²) in [7, 11) is 0. The predicted octanol–water partition coefficient (Wildman–Crippen LogP) is 2.43. The second-order valence-electron chi connectivity index (χ2n) is 8.95. The van der Waals surface area contributed by atoms with Crippen molar-refractivity contribution in [3.05, 3.63) is 35.9 Å². The van der Waals surface area contributed by atoms with Gasteiger partial charge in [0.1, 0.15) is 6.54 Å². The van der Waals surface area contributed by atoms with Crippen molar-refractivity contribution in [2.24, 2.45) is 5.41 Å². The van der Waals surface area contributed by atoms with Gasteiger partial charge in [-0.1, -0.05) is 30.3 Å². The third kappa shape index (κ3) is 4.69. The van der Waals surface area contributed by atoms with E-state index in [-0.39, 0.29) is 29.7 Å². The summed E-state index contributed by atoms with van der Waals surface area (Å²) in [6.07, 6.45) is 5.78. The Morgan fingerprint density at radius 1 is 0.897 bits per heavy atom. The van der Waals surface area contributed by atoms with Gasteiger partial charge in [-0.05, 0) is 44.2 Å². The minimum atomic E-state index is -0.201. The Balaban J connectivity index is 1.38. The Labute approximate surface area is 172 Å². The molecule has 0 unspecified atom stereocenters. The van der Waals surface area contributed by atoms with Gasteiger partial charge in [0.15, 0.2) is 0 Å². The Kier molecular flexibility index (Phi) is 5.99. The summed E-state index contributed by atoms with van der Waals surface area (Å²) in [6, 6.07) is 10.6. The van der Waals surface area contributed by atoms with Gasteiger partial charge >= 0.3 is 0 Å². The lowest BCUT2D eigenvalue weighted by atomic mass is 9.73. The Morgan fingerprint density at radius 3 is 2.31 bits per heavy atom. The topological polar surface area (TPSA) is 60.9 Å². The predicted molar refractivity (Wildman–Crippen MR) is 110 cm³/mol. The number of imide groups is 1. The minimum absolute atomic E-state index is 0.0761. The fraction of sp³-hybridized carbons (Fsp3) is 0.609. The fourth-order valence-electron chi connectivity index (χ4n) is 5.25. The normalized spacial score (nSPS) is 26.2. The zero-order valence-corrected chi connectivity index (χ0v) is 17.1. The molecule has 156 valence electrons. The molecule has 3 heterocycles. The van der Waals surface area contributed by atoms with Gasteiger partial charge in [0, 0.05) is 44.4 Å². The molecule has 0 bridgehead atoms. The van der Waals surface area contributed by atoms with Crippen molar-refractivity contribution in [3.8, 4) is 0 Å². The summed E-state index contributed by atoms with van der Waals surface area (Å²) in [5, 5.41) is 0. The van der Waals surface area contributed by atoms with E-state index in [1.165, 1.54) is 10.5 Å². The lowest BCUT2D eigenvalue weighted by molar-refractivity contribution is -0.154. The molecule has 0 N–H and O–H groups in total. The van der Waals surface area contributed by atoms with E-state index in [2.05, 4.69) is 29.2 Å². The molecule has 1 spiro atoms. The third-order valence-electron chi connectivity index (χ3n) is 6.68. The molecule has 3 fully saturated rings. The highest BCUT2D eigenvalue weighted by Crippen LogP contribution is 2.39. The third-order valence-corrected chi connectivity index (χ3v) is 6.68. The van der Waals surface area contributed by atoms with Crippen molar-refractivity contribution in [1.82, 2.24) is 14.7 Å². The number of rotatable bonds is 4. The van der Waals surface area contributed by atoms with Crippen LogP contribution in [0.25, 0.3) is 0 Å². The molecule has 0 aliphatic carbocycles. The van der Waals surface area contributed by atoms with E-state index < -0.39 is 0 Å². The number of piperidine rings is 3. The summed E-state index contributed by atoms with van der Waals surface area (Å²) < 4.78 is 0. The van der Waals surface area contributed by atoms with Crippen molar-refractivity contribution in [2.75, 3.05) is 32.7 Å². The van der Waals surface area contributed by atoms with Crippen LogP contribution in [-0.4, -0.2) is 65.1 Å². The summed E-state index contributed by atoms with van der Waals surface area (Å²) in [5.74, 6) is -0.478. The van der Waals surface area contributed by atoms with E-state index in [0.717, 1.165) is 58.4 Å². The van der Waals surface area contributed by atoms with Crippen molar-refractivity contribution in [2.45, 2.75) is 51.5 Å².